The number of ether oxygens (including phenoxy) is 2. The van der Waals surface area contributed by atoms with E-state index in [9.17, 15) is 31.5 Å². The fourth-order valence-corrected chi connectivity index (χ4v) is 4.29. The molecule has 0 aromatic carbocycles. The molecule has 1 aromatic heterocycles. The van der Waals surface area contributed by atoms with E-state index in [2.05, 4.69) is 10.3 Å². The molecule has 2 amide bonds. The molecule has 2 aliphatic rings. The Morgan fingerprint density at radius 3 is 2.58 bits per heavy atom. The number of carbonyl (C=O) groups excluding carboxylic acids is 2. The van der Waals surface area contributed by atoms with Crippen molar-refractivity contribution >= 4 is 17.8 Å². The molecule has 0 radical (unpaired) electrons. The second-order valence-corrected chi connectivity index (χ2v) is 9.91. The van der Waals surface area contributed by atoms with Gasteiger partial charge < -0.3 is 19.7 Å². The third-order valence-electron chi connectivity index (χ3n) is 6.10. The number of alkyl halides is 4. The smallest absolute Gasteiger partial charge is 0.410 e. The highest BCUT2D eigenvalue weighted by atomic mass is 19.3. The van der Waals surface area contributed by atoms with Gasteiger partial charge in [0.2, 0.25) is 18.2 Å². The van der Waals surface area contributed by atoms with Crippen molar-refractivity contribution in [3.8, 4) is 5.88 Å². The summed E-state index contributed by atoms with van der Waals surface area (Å²) in [5.41, 5.74) is -0.569. The summed E-state index contributed by atoms with van der Waals surface area (Å²) in [6, 6.07) is 0.260. The van der Waals surface area contributed by atoms with E-state index in [0.29, 0.717) is 19.4 Å². The van der Waals surface area contributed by atoms with E-state index in [1.165, 1.54) is 12.0 Å². The van der Waals surface area contributed by atoms with Gasteiger partial charge in [0.25, 0.3) is 5.92 Å². The first-order valence-corrected chi connectivity index (χ1v) is 11.6. The minimum Gasteiger partial charge on any atom is -0.481 e. The van der Waals surface area contributed by atoms with E-state index >= 15 is 0 Å². The summed E-state index contributed by atoms with van der Waals surface area (Å²) in [5, 5.41) is 2.64. The highest BCUT2D eigenvalue weighted by molar-refractivity contribution is 5.86. The molecule has 2 aliphatic heterocycles. The minimum atomic E-state index is -3.57. The second-order valence-electron chi connectivity index (χ2n) is 9.91. The Labute approximate surface area is 206 Å². The Morgan fingerprint density at radius 2 is 1.97 bits per heavy atom. The van der Waals surface area contributed by atoms with E-state index in [1.807, 2.05) is 0 Å². The summed E-state index contributed by atoms with van der Waals surface area (Å²) in [6.07, 6.45) is -3.71. The van der Waals surface area contributed by atoms with Crippen molar-refractivity contribution < 1.29 is 41.0 Å². The Hall–Kier alpha value is -2.86. The van der Waals surface area contributed by atoms with Crippen molar-refractivity contribution in [1.29, 1.82) is 0 Å². The lowest BCUT2D eigenvalue weighted by molar-refractivity contribution is -0.126. The first kappa shape index (κ1) is 27.7. The van der Waals surface area contributed by atoms with Crippen molar-refractivity contribution in [3.05, 3.63) is 17.4 Å². The molecule has 3 rings (SSSR count). The van der Waals surface area contributed by atoms with Gasteiger partial charge in [-0.3, -0.25) is 9.69 Å². The van der Waals surface area contributed by atoms with Crippen LogP contribution in [0.25, 0.3) is 0 Å². The molecule has 1 N–H and O–H groups in total. The quantitative estimate of drug-likeness (QED) is 0.570. The highest BCUT2D eigenvalue weighted by Crippen LogP contribution is 2.39. The number of aromatic nitrogens is 1. The van der Waals surface area contributed by atoms with Crippen LogP contribution >= 0.6 is 0 Å². The molecule has 1 aromatic rings. The molecule has 0 saturated carbocycles. The monoisotopic (exact) mass is 522 g/mol. The third-order valence-corrected chi connectivity index (χ3v) is 6.10. The van der Waals surface area contributed by atoms with Crippen molar-refractivity contribution in [2.45, 2.75) is 70.6 Å². The molecule has 8 nitrogen and oxygen atoms in total. The zero-order chi connectivity index (χ0) is 26.8. The van der Waals surface area contributed by atoms with Crippen LogP contribution in [0.15, 0.2) is 6.07 Å². The molecular formula is C23H31F5N4O4. The molecule has 2 fully saturated rings. The summed E-state index contributed by atoms with van der Waals surface area (Å²) < 4.78 is 79.5. The maximum absolute atomic E-state index is 14.9. The number of nitrogens with zero attached hydrogens (tertiary/aromatic N) is 3. The second kappa shape index (κ2) is 10.6. The number of rotatable bonds is 6. The topological polar surface area (TPSA) is 84.0 Å². The van der Waals surface area contributed by atoms with Gasteiger partial charge in [0, 0.05) is 38.2 Å². The number of carbonyl (C=O) groups is 2. The van der Waals surface area contributed by atoms with E-state index in [-0.39, 0.29) is 30.4 Å². The zero-order valence-corrected chi connectivity index (χ0v) is 20.6. The van der Waals surface area contributed by atoms with Crippen LogP contribution in [-0.2, 0) is 16.1 Å². The number of pyridine rings is 1. The van der Waals surface area contributed by atoms with Gasteiger partial charge >= 0.3 is 6.09 Å². The molecule has 0 spiro atoms. The van der Waals surface area contributed by atoms with Crippen molar-refractivity contribution in [2.75, 3.05) is 31.6 Å². The molecule has 13 heteroatoms. The van der Waals surface area contributed by atoms with Crippen LogP contribution in [0.3, 0.4) is 0 Å². The molecule has 0 bridgehead atoms. The van der Waals surface area contributed by atoms with Crippen LogP contribution in [-0.4, -0.2) is 72.6 Å². The van der Waals surface area contributed by atoms with Gasteiger partial charge in [-0.25, -0.2) is 26.7 Å². The summed E-state index contributed by atoms with van der Waals surface area (Å²) in [7, 11) is 1.25. The van der Waals surface area contributed by atoms with Gasteiger partial charge in [-0.15, -0.1) is 0 Å². The average Bonchev–Trinajstić information content (AvgIpc) is 3.26. The van der Waals surface area contributed by atoms with Crippen LogP contribution in [0.4, 0.5) is 32.6 Å². The predicted molar refractivity (Wildman–Crippen MR) is 120 cm³/mol. The Bertz CT molecular complexity index is 973. The molecule has 2 unspecified atom stereocenters. The van der Waals surface area contributed by atoms with Crippen LogP contribution in [0.2, 0.25) is 0 Å². The molecule has 0 aliphatic carbocycles. The van der Waals surface area contributed by atoms with Gasteiger partial charge in [0.1, 0.15) is 17.6 Å². The van der Waals surface area contributed by atoms with Crippen molar-refractivity contribution in [3.63, 3.8) is 0 Å². The van der Waals surface area contributed by atoms with Gasteiger partial charge in [-0.1, -0.05) is 0 Å². The number of hydrogen-bond donors (Lipinski definition) is 1. The lowest BCUT2D eigenvalue weighted by atomic mass is 9.94. The van der Waals surface area contributed by atoms with E-state index in [4.69, 9.17) is 9.47 Å². The Balaban J connectivity index is 1.71. The number of piperidine rings is 1. The summed E-state index contributed by atoms with van der Waals surface area (Å²) in [4.78, 5) is 31.6. The number of halogens is 5. The third kappa shape index (κ3) is 6.28. The molecular weight excluding hydrogens is 491 g/mol. The van der Waals surface area contributed by atoms with E-state index in [1.54, 1.807) is 20.8 Å². The SMILES string of the molecule is COc1nc(N2CCC(F)(F)C(C(F)F)C2)c(F)cc1CNC(=O)C1CCCN1C(=O)OC(C)(C)C. The largest absolute Gasteiger partial charge is 0.481 e. The molecule has 2 saturated heterocycles. The lowest BCUT2D eigenvalue weighted by Gasteiger charge is -2.38. The van der Waals surface area contributed by atoms with E-state index in [0.717, 1.165) is 11.0 Å². The lowest BCUT2D eigenvalue weighted by Crippen LogP contribution is -2.50. The zero-order valence-electron chi connectivity index (χ0n) is 20.6. The van der Waals surface area contributed by atoms with Crippen molar-refractivity contribution in [2.24, 2.45) is 5.92 Å². The van der Waals surface area contributed by atoms with Crippen molar-refractivity contribution in [1.82, 2.24) is 15.2 Å². The number of nitrogens with one attached hydrogen (secondary N) is 1. The van der Waals surface area contributed by atoms with Gasteiger partial charge in [-0.05, 0) is 39.7 Å². The maximum atomic E-state index is 14.9. The fourth-order valence-electron chi connectivity index (χ4n) is 4.29. The molecule has 3 heterocycles. The fraction of sp³-hybridized carbons (Fsp3) is 0.696. The minimum absolute atomic E-state index is 0.0898. The van der Waals surface area contributed by atoms with E-state index < -0.39 is 60.7 Å². The first-order valence-electron chi connectivity index (χ1n) is 11.6. The summed E-state index contributed by atoms with van der Waals surface area (Å²) in [6.45, 7) is 4.19. The molecule has 202 valence electrons. The van der Waals surface area contributed by atoms with Gasteiger partial charge in [0.15, 0.2) is 11.6 Å². The molecule has 36 heavy (non-hydrogen) atoms. The normalized spacial score (nSPS) is 22.1. The Morgan fingerprint density at radius 1 is 1.28 bits per heavy atom. The van der Waals surface area contributed by atoms with Crippen LogP contribution < -0.4 is 15.0 Å². The maximum Gasteiger partial charge on any atom is 0.410 e. The predicted octanol–water partition coefficient (Wildman–Crippen LogP) is 3.97. The van der Waals surface area contributed by atoms with Gasteiger partial charge in [0.05, 0.1) is 7.11 Å². The average molecular weight is 523 g/mol. The van der Waals surface area contributed by atoms with Crippen LogP contribution in [0, 0.1) is 11.7 Å². The van der Waals surface area contributed by atoms with Crippen LogP contribution in [0.5, 0.6) is 5.88 Å². The molecule has 2 atom stereocenters. The van der Waals surface area contributed by atoms with Crippen LogP contribution in [0.1, 0.15) is 45.6 Å². The number of anilines is 1. The summed E-state index contributed by atoms with van der Waals surface area (Å²) >= 11 is 0. The number of hydrogen-bond acceptors (Lipinski definition) is 6. The standard InChI is InChI=1S/C23H31F5N4O4/c1-22(2,3)36-21(34)32-8-5-6-16(32)19(33)29-11-13-10-15(24)18(30-20(13)35-4)31-9-7-23(27,28)14(12-31)17(25)26/h10,14,16-17H,5-9,11-12H2,1-4H3,(H,29,33). The Kier molecular flexibility index (Phi) is 8.19. The number of likely N-dealkylation sites (tertiary alicyclic amines) is 1. The highest BCUT2D eigenvalue weighted by Gasteiger charge is 2.49. The summed E-state index contributed by atoms with van der Waals surface area (Å²) in [5.74, 6) is -7.68. The first-order chi connectivity index (χ1) is 16.7. The number of amides is 2. The number of methoxy groups -OCH3 is 1. The van der Waals surface area contributed by atoms with Gasteiger partial charge in [-0.2, -0.15) is 4.98 Å².